The Morgan fingerprint density at radius 3 is 2.62 bits per heavy atom. The van der Waals surface area contributed by atoms with Crippen molar-refractivity contribution >= 4 is 17.3 Å². The maximum atomic E-state index is 10.8. The van der Waals surface area contributed by atoms with E-state index in [-0.39, 0.29) is 0 Å². The molecule has 1 rings (SSSR count). The van der Waals surface area contributed by atoms with Gasteiger partial charge in [-0.2, -0.15) is 0 Å². The first-order valence-corrected chi connectivity index (χ1v) is 5.42. The van der Waals surface area contributed by atoms with Crippen LogP contribution in [0.2, 0.25) is 5.02 Å². The number of nitrogens with one attached hydrogen (secondary N) is 1. The van der Waals surface area contributed by atoms with E-state index in [0.29, 0.717) is 16.3 Å². The van der Waals surface area contributed by atoms with Gasteiger partial charge in [0.05, 0.1) is 5.02 Å². The minimum atomic E-state index is 0.419. The Morgan fingerprint density at radius 2 is 2.12 bits per heavy atom. The van der Waals surface area contributed by atoms with Gasteiger partial charge >= 0.3 is 0 Å². The molecule has 0 aliphatic carbocycles. The van der Waals surface area contributed by atoms with Crippen LogP contribution in [-0.2, 0) is 6.54 Å². The predicted octanol–water partition coefficient (Wildman–Crippen LogP) is 3.58. The molecular formula is C12H15ClN2O. The highest BCUT2D eigenvalue weighted by molar-refractivity contribution is 6.32. The summed E-state index contributed by atoms with van der Waals surface area (Å²) in [7, 11) is 1.87. The molecule has 0 fully saturated rings. The van der Waals surface area contributed by atoms with Crippen molar-refractivity contribution in [2.24, 2.45) is 5.18 Å². The van der Waals surface area contributed by atoms with Crippen LogP contribution < -0.4 is 5.32 Å². The van der Waals surface area contributed by atoms with Crippen LogP contribution in [-0.4, -0.2) is 7.05 Å². The fourth-order valence-corrected chi connectivity index (χ4v) is 1.68. The largest absolute Gasteiger partial charge is 0.316 e. The molecule has 0 saturated carbocycles. The molecule has 1 aromatic carbocycles. The van der Waals surface area contributed by atoms with Gasteiger partial charge in [-0.15, -0.1) is 4.91 Å². The van der Waals surface area contributed by atoms with Gasteiger partial charge in [-0.25, -0.2) is 0 Å². The van der Waals surface area contributed by atoms with E-state index < -0.39 is 0 Å². The van der Waals surface area contributed by atoms with Crippen LogP contribution in [0.25, 0.3) is 5.70 Å². The fourth-order valence-electron chi connectivity index (χ4n) is 1.48. The molecule has 0 atom stereocenters. The summed E-state index contributed by atoms with van der Waals surface area (Å²) in [5.41, 5.74) is 3.05. The van der Waals surface area contributed by atoms with Crippen LogP contribution in [0.5, 0.6) is 0 Å². The quantitative estimate of drug-likeness (QED) is 0.815. The topological polar surface area (TPSA) is 41.5 Å². The summed E-state index contributed by atoms with van der Waals surface area (Å²) in [6.45, 7) is 4.43. The van der Waals surface area contributed by atoms with E-state index in [1.807, 2.05) is 33.0 Å². The number of rotatable bonds is 4. The molecule has 0 aliphatic rings. The van der Waals surface area contributed by atoms with Gasteiger partial charge in [-0.05, 0) is 49.3 Å². The first kappa shape index (κ1) is 12.9. The molecule has 0 aliphatic heterocycles. The molecule has 0 bridgehead atoms. The zero-order valence-electron chi connectivity index (χ0n) is 9.67. The van der Waals surface area contributed by atoms with E-state index in [1.54, 1.807) is 6.07 Å². The molecule has 0 aromatic heterocycles. The lowest BCUT2D eigenvalue weighted by atomic mass is 10.1. The molecule has 86 valence electrons. The summed E-state index contributed by atoms with van der Waals surface area (Å²) in [5, 5.41) is 6.65. The molecule has 4 heteroatoms. The van der Waals surface area contributed by atoms with Crippen molar-refractivity contribution in [3.8, 4) is 0 Å². The summed E-state index contributed by atoms with van der Waals surface area (Å²) >= 11 is 6.06. The Kier molecular flexibility index (Phi) is 4.65. The van der Waals surface area contributed by atoms with Crippen molar-refractivity contribution in [2.75, 3.05) is 7.05 Å². The molecule has 0 heterocycles. The smallest absolute Gasteiger partial charge is 0.115 e. The van der Waals surface area contributed by atoms with E-state index in [9.17, 15) is 4.91 Å². The zero-order valence-corrected chi connectivity index (χ0v) is 10.4. The number of nitrogens with zero attached hydrogens (tertiary/aromatic N) is 1. The summed E-state index contributed by atoms with van der Waals surface area (Å²) < 4.78 is 0. The first-order valence-electron chi connectivity index (χ1n) is 5.04. The first-order chi connectivity index (χ1) is 7.60. The number of hydrogen-bond acceptors (Lipinski definition) is 3. The van der Waals surface area contributed by atoms with E-state index in [0.717, 1.165) is 17.7 Å². The van der Waals surface area contributed by atoms with Gasteiger partial charge in [-0.1, -0.05) is 17.7 Å². The second-order valence-corrected chi connectivity index (χ2v) is 4.19. The standard InChI is InChI=1S/C12H15ClN2O/c1-8(2)12(15-16)10-6-9(7-14-3)4-5-11(10)13/h4-6,14H,7H2,1-3H3. The Morgan fingerprint density at radius 1 is 1.44 bits per heavy atom. The third-order valence-corrected chi connectivity index (χ3v) is 2.56. The Bertz CT molecular complexity index is 423. The van der Waals surface area contributed by atoms with E-state index in [1.165, 1.54) is 0 Å². The fraction of sp³-hybridized carbons (Fsp3) is 0.333. The van der Waals surface area contributed by atoms with E-state index in [2.05, 4.69) is 10.5 Å². The number of benzene rings is 1. The molecule has 0 amide bonds. The molecule has 1 N–H and O–H groups in total. The third-order valence-electron chi connectivity index (χ3n) is 2.23. The predicted molar refractivity (Wildman–Crippen MR) is 68.3 cm³/mol. The Balaban J connectivity index is 3.26. The van der Waals surface area contributed by atoms with Crippen molar-refractivity contribution in [1.82, 2.24) is 5.32 Å². The lowest BCUT2D eigenvalue weighted by Gasteiger charge is -2.07. The van der Waals surface area contributed by atoms with Gasteiger partial charge in [0, 0.05) is 12.1 Å². The number of hydrogen-bond donors (Lipinski definition) is 1. The molecule has 3 nitrogen and oxygen atoms in total. The van der Waals surface area contributed by atoms with Crippen molar-refractivity contribution in [1.29, 1.82) is 0 Å². The summed E-state index contributed by atoms with van der Waals surface area (Å²) in [5.74, 6) is 0. The molecule has 0 saturated heterocycles. The highest BCUT2D eigenvalue weighted by Gasteiger charge is 2.09. The minimum absolute atomic E-state index is 0.419. The molecule has 1 aromatic rings. The van der Waals surface area contributed by atoms with Crippen LogP contribution in [0.1, 0.15) is 25.0 Å². The summed E-state index contributed by atoms with van der Waals surface area (Å²) in [4.78, 5) is 10.8. The van der Waals surface area contributed by atoms with Gasteiger partial charge in [0.2, 0.25) is 0 Å². The number of allylic oxidation sites excluding steroid dienone is 1. The highest BCUT2D eigenvalue weighted by Crippen LogP contribution is 2.28. The van der Waals surface area contributed by atoms with Crippen molar-refractivity contribution in [2.45, 2.75) is 20.4 Å². The maximum Gasteiger partial charge on any atom is 0.115 e. The lowest BCUT2D eigenvalue weighted by Crippen LogP contribution is -2.05. The van der Waals surface area contributed by atoms with Crippen molar-refractivity contribution in [3.05, 3.63) is 44.8 Å². The van der Waals surface area contributed by atoms with Crippen LogP contribution in [0.4, 0.5) is 0 Å². The Hall–Kier alpha value is -1.19. The van der Waals surface area contributed by atoms with Crippen molar-refractivity contribution in [3.63, 3.8) is 0 Å². The highest BCUT2D eigenvalue weighted by atomic mass is 35.5. The van der Waals surface area contributed by atoms with Crippen LogP contribution in [0, 0.1) is 4.91 Å². The molecular weight excluding hydrogens is 224 g/mol. The monoisotopic (exact) mass is 238 g/mol. The molecule has 0 unspecified atom stereocenters. The number of halogens is 1. The third kappa shape index (κ3) is 2.90. The summed E-state index contributed by atoms with van der Waals surface area (Å²) in [6.07, 6.45) is 0. The lowest BCUT2D eigenvalue weighted by molar-refractivity contribution is 0.817. The zero-order chi connectivity index (χ0) is 12.1. The molecule has 16 heavy (non-hydrogen) atoms. The number of nitroso groups, excluding NO2 is 1. The van der Waals surface area contributed by atoms with Crippen LogP contribution >= 0.6 is 11.6 Å². The van der Waals surface area contributed by atoms with Gasteiger partial charge in [0.1, 0.15) is 5.70 Å². The van der Waals surface area contributed by atoms with Gasteiger partial charge in [0.15, 0.2) is 0 Å². The normalized spacial score (nSPS) is 10.0. The van der Waals surface area contributed by atoms with Crippen LogP contribution in [0.3, 0.4) is 0 Å². The molecule has 0 spiro atoms. The second-order valence-electron chi connectivity index (χ2n) is 3.78. The maximum absolute atomic E-state index is 10.8. The molecule has 0 radical (unpaired) electrons. The van der Waals surface area contributed by atoms with Gasteiger partial charge in [-0.3, -0.25) is 0 Å². The van der Waals surface area contributed by atoms with Gasteiger partial charge < -0.3 is 5.32 Å². The Labute approximate surface area is 100 Å². The second kappa shape index (κ2) is 5.77. The van der Waals surface area contributed by atoms with E-state index in [4.69, 9.17) is 11.6 Å². The SMILES string of the molecule is CNCc1ccc(Cl)c(C(N=O)=C(C)C)c1. The summed E-state index contributed by atoms with van der Waals surface area (Å²) in [6, 6.07) is 5.61. The van der Waals surface area contributed by atoms with Gasteiger partial charge in [0.25, 0.3) is 0 Å². The van der Waals surface area contributed by atoms with Crippen molar-refractivity contribution < 1.29 is 0 Å². The van der Waals surface area contributed by atoms with Crippen LogP contribution in [0.15, 0.2) is 28.9 Å². The average molecular weight is 239 g/mol. The minimum Gasteiger partial charge on any atom is -0.316 e. The van der Waals surface area contributed by atoms with E-state index >= 15 is 0 Å². The average Bonchev–Trinajstić information content (AvgIpc) is 2.23.